The molecule has 4 heterocycles. The molecule has 442 valence electrons. The van der Waals surface area contributed by atoms with Gasteiger partial charge in [0.1, 0.15) is 11.6 Å². The van der Waals surface area contributed by atoms with Crippen LogP contribution in [0.4, 0.5) is 23.0 Å². The molecular formula is C64H90N12O6. The summed E-state index contributed by atoms with van der Waals surface area (Å²) >= 11 is 0. The minimum absolute atomic E-state index is 0.0656. The van der Waals surface area contributed by atoms with Crippen LogP contribution in [0.25, 0.3) is 21.8 Å². The number of rotatable bonds is 33. The molecule has 0 atom stereocenters. The maximum atomic E-state index is 13.5. The fourth-order valence-corrected chi connectivity index (χ4v) is 11.0. The summed E-state index contributed by atoms with van der Waals surface area (Å²) in [5.74, 6) is 4.16. The van der Waals surface area contributed by atoms with E-state index in [1.165, 1.54) is 64.2 Å². The Labute approximate surface area is 485 Å². The highest BCUT2D eigenvalue weighted by molar-refractivity contribution is 5.97. The van der Waals surface area contributed by atoms with Crippen LogP contribution in [0.3, 0.4) is 0 Å². The van der Waals surface area contributed by atoms with Crippen molar-refractivity contribution in [2.24, 2.45) is 0 Å². The van der Waals surface area contributed by atoms with Crippen molar-refractivity contribution in [1.82, 2.24) is 41.0 Å². The number of methoxy groups -OCH3 is 4. The number of nitrogens with one attached hydrogen (secondary N) is 4. The maximum absolute atomic E-state index is 13.5. The largest absolute Gasteiger partial charge is 0.493 e. The molecule has 2 fully saturated rings. The number of amides is 2. The number of carbonyl (C=O) groups is 2. The summed E-state index contributed by atoms with van der Waals surface area (Å²) in [4.78, 5) is 45.1. The lowest BCUT2D eigenvalue weighted by Gasteiger charge is -2.35. The molecule has 2 aromatic heterocycles. The molecule has 4 aromatic carbocycles. The highest BCUT2D eigenvalue weighted by Crippen LogP contribution is 2.37. The van der Waals surface area contributed by atoms with Crippen LogP contribution in [0.15, 0.2) is 84.9 Å². The molecule has 2 aliphatic rings. The zero-order chi connectivity index (χ0) is 57.5. The van der Waals surface area contributed by atoms with Crippen molar-refractivity contribution >= 4 is 56.6 Å². The van der Waals surface area contributed by atoms with Gasteiger partial charge >= 0.3 is 0 Å². The minimum atomic E-state index is 0.0656. The van der Waals surface area contributed by atoms with Gasteiger partial charge < -0.3 is 71.3 Å². The van der Waals surface area contributed by atoms with Crippen LogP contribution in [-0.4, -0.2) is 152 Å². The molecule has 0 unspecified atom stereocenters. The third kappa shape index (κ3) is 17.2. The minimum Gasteiger partial charge on any atom is -0.493 e. The predicted molar refractivity (Wildman–Crippen MR) is 332 cm³/mol. The summed E-state index contributed by atoms with van der Waals surface area (Å²) in [6.45, 7) is 13.0. The fourth-order valence-electron chi connectivity index (χ4n) is 11.0. The Bertz CT molecular complexity index is 2780. The van der Waals surface area contributed by atoms with Crippen LogP contribution in [0.5, 0.6) is 23.0 Å². The number of unbranched alkanes of at least 4 members (excludes halogenated alkanes) is 9. The van der Waals surface area contributed by atoms with Gasteiger partial charge in [-0.1, -0.05) is 62.8 Å². The van der Waals surface area contributed by atoms with E-state index in [0.29, 0.717) is 86.7 Å². The lowest BCUT2D eigenvalue weighted by atomic mass is 10.1. The molecule has 18 nitrogen and oxygen atoms in total. The maximum Gasteiger partial charge on any atom is 0.253 e. The van der Waals surface area contributed by atoms with E-state index in [-0.39, 0.29) is 11.8 Å². The van der Waals surface area contributed by atoms with Gasteiger partial charge in [-0.3, -0.25) is 9.59 Å². The summed E-state index contributed by atoms with van der Waals surface area (Å²) in [6, 6.07) is 27.3. The number of hydrogen-bond acceptors (Lipinski definition) is 16. The number of nitrogens with zero attached hydrogens (tertiary/aromatic N) is 6. The smallest absolute Gasteiger partial charge is 0.253 e. The number of nitrogen functional groups attached to an aromatic ring is 2. The van der Waals surface area contributed by atoms with E-state index in [9.17, 15) is 9.59 Å². The Morgan fingerprint density at radius 3 is 1.10 bits per heavy atom. The number of anilines is 4. The molecule has 0 bridgehead atoms. The van der Waals surface area contributed by atoms with Crippen molar-refractivity contribution in [3.63, 3.8) is 0 Å². The molecule has 0 saturated carbocycles. The molecule has 8 N–H and O–H groups in total. The van der Waals surface area contributed by atoms with E-state index < -0.39 is 0 Å². The van der Waals surface area contributed by atoms with E-state index in [1.54, 1.807) is 28.4 Å². The molecule has 18 heteroatoms. The average molecular weight is 1120 g/mol. The van der Waals surface area contributed by atoms with E-state index in [4.69, 9.17) is 40.4 Å². The SMILES string of the molecule is COc1cc2nc(N3CCN(C(=O)c4cccc(CNCCCCCCNCCCCCCNCCCCCCNCc5cccc(C(=O)N6CCN(c7cc(N)c8cc(OC)c(OC)cc8n7)CC6)c5)c4)CC3)cc(N)c2cc1OC. The van der Waals surface area contributed by atoms with Crippen LogP contribution in [0, 0.1) is 0 Å². The zero-order valence-corrected chi connectivity index (χ0v) is 49.2. The topological polar surface area (TPSA) is 210 Å². The Hall–Kier alpha value is -7.12. The summed E-state index contributed by atoms with van der Waals surface area (Å²) in [5.41, 5.74) is 19.4. The quantitative estimate of drug-likeness (QED) is 0.0213. The molecule has 2 saturated heterocycles. The third-order valence-corrected chi connectivity index (χ3v) is 15.8. The Morgan fingerprint density at radius 1 is 0.427 bits per heavy atom. The second-order valence-corrected chi connectivity index (χ2v) is 21.6. The number of aromatic nitrogens is 2. The van der Waals surface area contributed by atoms with Gasteiger partial charge in [-0.15, -0.1) is 0 Å². The van der Waals surface area contributed by atoms with Gasteiger partial charge in [-0.05, 0) is 125 Å². The number of benzene rings is 4. The first kappa shape index (κ1) is 61.0. The van der Waals surface area contributed by atoms with Gasteiger partial charge in [0.15, 0.2) is 23.0 Å². The summed E-state index contributed by atoms with van der Waals surface area (Å²) in [5, 5.41) is 16.1. The fraction of sp³-hybridized carbons (Fsp3) is 0.500. The number of piperazine rings is 2. The molecule has 0 radical (unpaired) electrons. The molecule has 6 aromatic rings. The Morgan fingerprint density at radius 2 is 0.756 bits per heavy atom. The predicted octanol–water partition coefficient (Wildman–Crippen LogP) is 8.65. The molecule has 82 heavy (non-hydrogen) atoms. The average Bonchev–Trinajstić information content (AvgIpc) is 3.60. The normalized spacial score (nSPS) is 13.8. The Balaban J connectivity index is 0.571. The van der Waals surface area contributed by atoms with Crippen LogP contribution in [0.2, 0.25) is 0 Å². The number of pyridine rings is 2. The summed E-state index contributed by atoms with van der Waals surface area (Å²) in [7, 11) is 6.43. The lowest BCUT2D eigenvalue weighted by Crippen LogP contribution is -2.49. The molecule has 2 aliphatic heterocycles. The van der Waals surface area contributed by atoms with Gasteiger partial charge in [0.05, 0.1) is 39.5 Å². The number of nitrogens with two attached hydrogens (primary N) is 2. The van der Waals surface area contributed by atoms with Gasteiger partial charge in [0.2, 0.25) is 0 Å². The summed E-state index contributed by atoms with van der Waals surface area (Å²) in [6.07, 6.45) is 14.7. The number of hydrogen-bond donors (Lipinski definition) is 6. The molecular weight excluding hydrogens is 1030 g/mol. The molecule has 0 aliphatic carbocycles. The molecule has 8 rings (SSSR count). The van der Waals surface area contributed by atoms with Gasteiger partial charge in [-0.25, -0.2) is 9.97 Å². The van der Waals surface area contributed by atoms with Crippen molar-refractivity contribution < 1.29 is 28.5 Å². The van der Waals surface area contributed by atoms with Crippen LogP contribution >= 0.6 is 0 Å². The first-order chi connectivity index (χ1) is 40.2. The van der Waals surface area contributed by atoms with Crippen LogP contribution in [0.1, 0.15) is 109 Å². The van der Waals surface area contributed by atoms with Gasteiger partial charge in [0.25, 0.3) is 11.8 Å². The van der Waals surface area contributed by atoms with Gasteiger partial charge in [-0.2, -0.15) is 0 Å². The number of ether oxygens (including phenoxy) is 4. The molecule has 2 amide bonds. The van der Waals surface area contributed by atoms with Crippen molar-refractivity contribution in [2.45, 2.75) is 90.1 Å². The van der Waals surface area contributed by atoms with Crippen molar-refractivity contribution in [3.8, 4) is 23.0 Å². The second-order valence-electron chi connectivity index (χ2n) is 21.6. The van der Waals surface area contributed by atoms with E-state index in [2.05, 4.69) is 43.2 Å². The van der Waals surface area contributed by atoms with Crippen molar-refractivity contribution in [3.05, 3.63) is 107 Å². The third-order valence-electron chi connectivity index (χ3n) is 15.8. The van der Waals surface area contributed by atoms with Crippen molar-refractivity contribution in [2.75, 3.05) is 141 Å². The first-order valence-corrected chi connectivity index (χ1v) is 29.9. The van der Waals surface area contributed by atoms with E-state index in [0.717, 1.165) is 121 Å². The van der Waals surface area contributed by atoms with Crippen LogP contribution in [-0.2, 0) is 13.1 Å². The van der Waals surface area contributed by atoms with Gasteiger partial charge in [0, 0.05) is 123 Å². The van der Waals surface area contributed by atoms with E-state index in [1.807, 2.05) is 82.6 Å². The monoisotopic (exact) mass is 1120 g/mol. The highest BCUT2D eigenvalue weighted by Gasteiger charge is 2.26. The van der Waals surface area contributed by atoms with E-state index >= 15 is 0 Å². The van der Waals surface area contributed by atoms with Crippen molar-refractivity contribution in [1.29, 1.82) is 0 Å². The second kappa shape index (κ2) is 31.9. The standard InChI is InChI=1S/C64H90N12O6/c1-79-57-39-51-53(65)41-61(71-55(51)43-59(57)81-3)73-29-33-75(34-30-73)63(77)49-21-17-19-47(37-49)45-69-27-15-9-7-13-25-67-23-11-5-6-12-24-68-26-14-8-10-16-28-70-46-48-20-18-22-50(38-48)64(78)76-35-31-74(32-36-76)62-42-54(66)52-40-58(80-2)60(82-4)44-56(52)72-62/h17-22,37-44,67-70H,5-16,23-36,45-46H2,1-4H3,(H2,65,71)(H2,66,72). The van der Waals surface area contributed by atoms with Crippen LogP contribution < -0.4 is 61.5 Å². The first-order valence-electron chi connectivity index (χ1n) is 29.9. The number of carbonyl (C=O) groups excluding carboxylic acids is 2. The lowest BCUT2D eigenvalue weighted by molar-refractivity contribution is 0.0739. The zero-order valence-electron chi connectivity index (χ0n) is 49.2. The molecule has 0 spiro atoms. The number of fused-ring (bicyclic) bond motifs is 2. The Kier molecular flexibility index (Phi) is 23.7. The highest BCUT2D eigenvalue weighted by atomic mass is 16.5. The summed E-state index contributed by atoms with van der Waals surface area (Å²) < 4.78 is 21.9.